The van der Waals surface area contributed by atoms with Crippen molar-refractivity contribution in [1.29, 1.82) is 0 Å². The molecule has 0 atom stereocenters. The summed E-state index contributed by atoms with van der Waals surface area (Å²) in [7, 11) is 0. The van der Waals surface area contributed by atoms with Crippen molar-refractivity contribution in [3.05, 3.63) is 29.3 Å². The van der Waals surface area contributed by atoms with Gasteiger partial charge in [0.05, 0.1) is 0 Å². The Bertz CT molecular complexity index is 379. The second kappa shape index (κ2) is 6.24. The Hall–Kier alpha value is -1.02. The number of benzene rings is 1. The minimum absolute atomic E-state index is 1.17. The highest BCUT2D eigenvalue weighted by Gasteiger charge is 2.17. The van der Waals surface area contributed by atoms with Gasteiger partial charge in [0.25, 0.3) is 0 Å². The van der Waals surface area contributed by atoms with Gasteiger partial charge in [-0.2, -0.15) is 0 Å². The van der Waals surface area contributed by atoms with E-state index in [0.717, 1.165) is 0 Å². The van der Waals surface area contributed by atoms with Crippen molar-refractivity contribution in [3.63, 3.8) is 0 Å². The van der Waals surface area contributed by atoms with Gasteiger partial charge in [-0.25, -0.2) is 0 Å². The summed E-state index contributed by atoms with van der Waals surface area (Å²) in [5, 5.41) is 0. The van der Waals surface area contributed by atoms with E-state index in [9.17, 15) is 0 Å². The fourth-order valence-corrected chi connectivity index (χ4v) is 2.67. The molecule has 0 amide bonds. The normalized spacial score (nSPS) is 17.2. The molecule has 0 aromatic heterocycles. The summed E-state index contributed by atoms with van der Waals surface area (Å²) in [6.07, 6.45) is 2.64. The topological polar surface area (TPSA) is 6.48 Å². The summed E-state index contributed by atoms with van der Waals surface area (Å²) in [4.78, 5) is 5.15. The molecule has 100 valence electrons. The molecule has 0 bridgehead atoms. The molecular formula is C16H26N2. The number of hydrogen-bond acceptors (Lipinski definition) is 2. The lowest BCUT2D eigenvalue weighted by Gasteiger charge is -2.37. The highest BCUT2D eigenvalue weighted by molar-refractivity contribution is 5.56. The maximum Gasteiger partial charge on any atom is 0.0399 e. The van der Waals surface area contributed by atoms with Crippen LogP contribution in [0.15, 0.2) is 18.2 Å². The van der Waals surface area contributed by atoms with E-state index in [0.29, 0.717) is 0 Å². The zero-order valence-electron chi connectivity index (χ0n) is 12.1. The predicted molar refractivity (Wildman–Crippen MR) is 79.5 cm³/mol. The summed E-state index contributed by atoms with van der Waals surface area (Å²) < 4.78 is 0. The van der Waals surface area contributed by atoms with Crippen LogP contribution in [0.2, 0.25) is 0 Å². The molecular weight excluding hydrogens is 220 g/mol. The molecule has 1 fully saturated rings. The first kappa shape index (κ1) is 13.4. The average Bonchev–Trinajstić information content (AvgIpc) is 2.40. The molecule has 18 heavy (non-hydrogen) atoms. The fourth-order valence-electron chi connectivity index (χ4n) is 2.67. The summed E-state index contributed by atoms with van der Waals surface area (Å²) in [5.41, 5.74) is 4.28. The Kier molecular flexibility index (Phi) is 4.65. The summed E-state index contributed by atoms with van der Waals surface area (Å²) in [6, 6.07) is 6.65. The number of rotatable bonds is 4. The molecule has 0 aliphatic carbocycles. The Morgan fingerprint density at radius 2 is 1.78 bits per heavy atom. The summed E-state index contributed by atoms with van der Waals surface area (Å²) >= 11 is 0. The zero-order chi connectivity index (χ0) is 13.0. The highest BCUT2D eigenvalue weighted by atomic mass is 15.3. The van der Waals surface area contributed by atoms with E-state index in [4.69, 9.17) is 0 Å². The third-order valence-corrected chi connectivity index (χ3v) is 4.12. The molecule has 1 heterocycles. The van der Waals surface area contributed by atoms with Crippen molar-refractivity contribution in [1.82, 2.24) is 4.90 Å². The maximum absolute atomic E-state index is 2.60. The van der Waals surface area contributed by atoms with E-state index in [2.05, 4.69) is 48.8 Å². The molecule has 1 aromatic rings. The molecule has 0 saturated carbocycles. The van der Waals surface area contributed by atoms with Crippen molar-refractivity contribution in [2.24, 2.45) is 0 Å². The summed E-state index contributed by atoms with van der Waals surface area (Å²) in [6.45, 7) is 12.8. The number of nitrogens with zero attached hydrogens (tertiary/aromatic N) is 2. The van der Waals surface area contributed by atoms with Gasteiger partial charge < -0.3 is 4.90 Å². The standard InChI is InChI=1S/C16H26N2/c1-4-5-9-17-10-12-18(13-11-17)16-8-6-7-14(2)15(16)3/h6-8H,4-5,9-13H2,1-3H3. The van der Waals surface area contributed by atoms with Crippen molar-refractivity contribution in [3.8, 4) is 0 Å². The first-order valence-electron chi connectivity index (χ1n) is 7.26. The molecule has 0 N–H and O–H groups in total. The maximum atomic E-state index is 2.60. The Morgan fingerprint density at radius 1 is 1.06 bits per heavy atom. The molecule has 2 nitrogen and oxygen atoms in total. The molecule has 1 aromatic carbocycles. The SMILES string of the molecule is CCCCN1CCN(c2cccc(C)c2C)CC1. The lowest BCUT2D eigenvalue weighted by molar-refractivity contribution is 0.254. The van der Waals surface area contributed by atoms with Crippen molar-refractivity contribution >= 4 is 5.69 Å². The third kappa shape index (κ3) is 3.05. The third-order valence-electron chi connectivity index (χ3n) is 4.12. The van der Waals surface area contributed by atoms with Gasteiger partial charge in [-0.3, -0.25) is 4.90 Å². The van der Waals surface area contributed by atoms with Gasteiger partial charge in [-0.05, 0) is 44.0 Å². The second-order valence-corrected chi connectivity index (χ2v) is 5.40. The van der Waals surface area contributed by atoms with Crippen molar-refractivity contribution in [2.75, 3.05) is 37.6 Å². The molecule has 2 heteroatoms. The molecule has 0 unspecified atom stereocenters. The van der Waals surface area contributed by atoms with Crippen LogP contribution < -0.4 is 4.90 Å². The van der Waals surface area contributed by atoms with Crippen LogP contribution in [0.25, 0.3) is 0 Å². The Morgan fingerprint density at radius 3 is 2.44 bits per heavy atom. The van der Waals surface area contributed by atoms with Gasteiger partial charge in [0.1, 0.15) is 0 Å². The number of hydrogen-bond donors (Lipinski definition) is 0. The lowest BCUT2D eigenvalue weighted by atomic mass is 10.1. The lowest BCUT2D eigenvalue weighted by Crippen LogP contribution is -2.46. The van der Waals surface area contributed by atoms with Crippen LogP contribution in [0.1, 0.15) is 30.9 Å². The van der Waals surface area contributed by atoms with Crippen LogP contribution in [0.3, 0.4) is 0 Å². The largest absolute Gasteiger partial charge is 0.369 e. The van der Waals surface area contributed by atoms with Crippen molar-refractivity contribution in [2.45, 2.75) is 33.6 Å². The number of piperazine rings is 1. The van der Waals surface area contributed by atoms with Crippen LogP contribution >= 0.6 is 0 Å². The van der Waals surface area contributed by atoms with Gasteiger partial charge in [0.15, 0.2) is 0 Å². The van der Waals surface area contributed by atoms with E-state index >= 15 is 0 Å². The zero-order valence-corrected chi connectivity index (χ0v) is 12.1. The molecule has 2 rings (SSSR count). The first-order valence-corrected chi connectivity index (χ1v) is 7.26. The molecule has 0 spiro atoms. The summed E-state index contributed by atoms with van der Waals surface area (Å²) in [5.74, 6) is 0. The van der Waals surface area contributed by atoms with Gasteiger partial charge in [-0.1, -0.05) is 25.5 Å². The van der Waals surface area contributed by atoms with Gasteiger partial charge in [0.2, 0.25) is 0 Å². The average molecular weight is 246 g/mol. The van der Waals surface area contributed by atoms with Crippen molar-refractivity contribution < 1.29 is 0 Å². The van der Waals surface area contributed by atoms with E-state index < -0.39 is 0 Å². The first-order chi connectivity index (χ1) is 8.72. The molecule has 1 aliphatic heterocycles. The Labute approximate surface area is 112 Å². The molecule has 0 radical (unpaired) electrons. The number of unbranched alkanes of at least 4 members (excludes halogenated alkanes) is 1. The van der Waals surface area contributed by atoms with Gasteiger partial charge in [0, 0.05) is 31.9 Å². The van der Waals surface area contributed by atoms with E-state index in [1.165, 1.54) is 62.4 Å². The number of aryl methyl sites for hydroxylation is 1. The van der Waals surface area contributed by atoms with E-state index in [1.807, 2.05) is 0 Å². The highest BCUT2D eigenvalue weighted by Crippen LogP contribution is 2.23. The van der Waals surface area contributed by atoms with Crippen LogP contribution in [-0.4, -0.2) is 37.6 Å². The van der Waals surface area contributed by atoms with E-state index in [1.54, 1.807) is 0 Å². The quantitative estimate of drug-likeness (QED) is 0.805. The monoisotopic (exact) mass is 246 g/mol. The van der Waals surface area contributed by atoms with Crippen LogP contribution in [0.5, 0.6) is 0 Å². The minimum Gasteiger partial charge on any atom is -0.369 e. The fraction of sp³-hybridized carbons (Fsp3) is 0.625. The van der Waals surface area contributed by atoms with Gasteiger partial charge in [-0.15, -0.1) is 0 Å². The van der Waals surface area contributed by atoms with E-state index in [-0.39, 0.29) is 0 Å². The minimum atomic E-state index is 1.17. The van der Waals surface area contributed by atoms with Crippen LogP contribution in [0, 0.1) is 13.8 Å². The number of anilines is 1. The predicted octanol–water partition coefficient (Wildman–Crippen LogP) is 3.23. The van der Waals surface area contributed by atoms with Crippen LogP contribution in [0.4, 0.5) is 5.69 Å². The van der Waals surface area contributed by atoms with Gasteiger partial charge >= 0.3 is 0 Å². The van der Waals surface area contributed by atoms with Crippen LogP contribution in [-0.2, 0) is 0 Å². The molecule has 1 saturated heterocycles. The molecule has 1 aliphatic rings. The second-order valence-electron chi connectivity index (χ2n) is 5.40. The smallest absolute Gasteiger partial charge is 0.0399 e. The Balaban J connectivity index is 1.95.